The van der Waals surface area contributed by atoms with Crippen molar-refractivity contribution in [2.24, 2.45) is 0 Å². The van der Waals surface area contributed by atoms with Crippen LogP contribution >= 0.6 is 0 Å². The van der Waals surface area contributed by atoms with Crippen LogP contribution in [0.4, 0.5) is 0 Å². The van der Waals surface area contributed by atoms with Crippen molar-refractivity contribution in [1.82, 2.24) is 15.5 Å². The number of hydrogen-bond acceptors (Lipinski definition) is 6. The van der Waals surface area contributed by atoms with Crippen molar-refractivity contribution in [3.63, 3.8) is 0 Å². The zero-order valence-corrected chi connectivity index (χ0v) is 15.0. The number of ether oxygens (including phenoxy) is 2. The highest BCUT2D eigenvalue weighted by Crippen LogP contribution is 2.37. The van der Waals surface area contributed by atoms with Gasteiger partial charge in [0.25, 0.3) is 5.89 Å². The van der Waals surface area contributed by atoms with E-state index in [2.05, 4.69) is 47.5 Å². The maximum atomic E-state index is 6.13. The number of fused-ring (bicyclic) bond motifs is 1. The summed E-state index contributed by atoms with van der Waals surface area (Å²) in [4.78, 5) is 4.27. The molecule has 1 saturated heterocycles. The van der Waals surface area contributed by atoms with E-state index in [0.29, 0.717) is 11.7 Å². The van der Waals surface area contributed by atoms with Crippen LogP contribution in [0.1, 0.15) is 55.6 Å². The normalized spacial score (nSPS) is 24.3. The molecular weight excluding hydrogens is 318 g/mol. The van der Waals surface area contributed by atoms with Gasteiger partial charge in [0, 0.05) is 25.1 Å². The van der Waals surface area contributed by atoms with Crippen molar-refractivity contribution >= 4 is 0 Å². The van der Waals surface area contributed by atoms with Crippen LogP contribution in [-0.4, -0.2) is 28.4 Å². The van der Waals surface area contributed by atoms with Gasteiger partial charge in [0.2, 0.25) is 0 Å². The van der Waals surface area contributed by atoms with Gasteiger partial charge in [-0.1, -0.05) is 23.4 Å². The van der Waals surface area contributed by atoms with Crippen molar-refractivity contribution in [3.8, 4) is 5.75 Å². The first-order chi connectivity index (χ1) is 12.0. The largest absolute Gasteiger partial charge is 0.487 e. The van der Waals surface area contributed by atoms with Gasteiger partial charge in [-0.15, -0.1) is 0 Å². The lowest BCUT2D eigenvalue weighted by Gasteiger charge is -2.18. The molecule has 2 aliphatic heterocycles. The van der Waals surface area contributed by atoms with E-state index in [9.17, 15) is 0 Å². The minimum absolute atomic E-state index is 0.0712. The molecule has 0 radical (unpaired) electrons. The third-order valence-corrected chi connectivity index (χ3v) is 4.79. The highest BCUT2D eigenvalue weighted by molar-refractivity contribution is 5.45. The SMILES string of the molecule is Cc1noc([C@@H]2CC[C@H](CNCc3cccc4c3OC(C)(C)C4)O2)n1. The minimum atomic E-state index is -0.109. The van der Waals surface area contributed by atoms with Gasteiger partial charge in [-0.2, -0.15) is 4.98 Å². The molecule has 1 aromatic heterocycles. The molecule has 0 spiro atoms. The quantitative estimate of drug-likeness (QED) is 0.900. The van der Waals surface area contributed by atoms with E-state index >= 15 is 0 Å². The van der Waals surface area contributed by atoms with Crippen LogP contribution in [0.3, 0.4) is 0 Å². The molecule has 2 atom stereocenters. The number of aromatic nitrogens is 2. The van der Waals surface area contributed by atoms with E-state index in [1.165, 1.54) is 11.1 Å². The number of benzene rings is 1. The monoisotopic (exact) mass is 343 g/mol. The summed E-state index contributed by atoms with van der Waals surface area (Å²) in [5.74, 6) is 2.30. The Morgan fingerprint density at radius 1 is 1.28 bits per heavy atom. The standard InChI is InChI=1S/C19H25N3O3/c1-12-21-18(25-22-12)16-8-7-15(23-16)11-20-10-14-6-4-5-13-9-19(2,3)24-17(13)14/h4-6,15-16,20H,7-11H2,1-3H3/t15-,16+/m1/s1. The predicted octanol–water partition coefficient (Wildman–Crippen LogP) is 3.10. The predicted molar refractivity (Wildman–Crippen MR) is 92.4 cm³/mol. The molecule has 0 bridgehead atoms. The Morgan fingerprint density at radius 2 is 2.16 bits per heavy atom. The van der Waals surface area contributed by atoms with Gasteiger partial charge < -0.3 is 19.3 Å². The van der Waals surface area contributed by atoms with Gasteiger partial charge in [-0.25, -0.2) is 0 Å². The van der Waals surface area contributed by atoms with Crippen LogP contribution in [0, 0.1) is 6.92 Å². The van der Waals surface area contributed by atoms with Crippen molar-refractivity contribution < 1.29 is 14.0 Å². The van der Waals surface area contributed by atoms with E-state index in [4.69, 9.17) is 14.0 Å². The van der Waals surface area contributed by atoms with Crippen LogP contribution in [0.25, 0.3) is 0 Å². The Morgan fingerprint density at radius 3 is 2.96 bits per heavy atom. The second-order valence-electron chi connectivity index (χ2n) is 7.58. The van der Waals surface area contributed by atoms with Gasteiger partial charge in [0.1, 0.15) is 17.5 Å². The lowest BCUT2D eigenvalue weighted by molar-refractivity contribution is 0.0263. The molecule has 0 saturated carbocycles. The first-order valence-electron chi connectivity index (χ1n) is 8.96. The van der Waals surface area contributed by atoms with Crippen molar-refractivity contribution in [2.45, 2.75) is 64.4 Å². The van der Waals surface area contributed by atoms with Crippen LogP contribution in [0.5, 0.6) is 5.75 Å². The fraction of sp³-hybridized carbons (Fsp3) is 0.579. The summed E-state index contributed by atoms with van der Waals surface area (Å²) >= 11 is 0. The number of para-hydroxylation sites is 1. The highest BCUT2D eigenvalue weighted by Gasteiger charge is 2.32. The van der Waals surface area contributed by atoms with Crippen molar-refractivity contribution in [3.05, 3.63) is 41.0 Å². The summed E-state index contributed by atoms with van der Waals surface area (Å²) in [6.07, 6.45) is 2.98. The molecule has 2 aliphatic rings. The third kappa shape index (κ3) is 3.55. The molecule has 0 unspecified atom stereocenters. The maximum absolute atomic E-state index is 6.13. The Labute approximate surface area is 147 Å². The van der Waals surface area contributed by atoms with E-state index in [0.717, 1.165) is 38.1 Å². The molecule has 0 aliphatic carbocycles. The molecule has 1 N–H and O–H groups in total. The van der Waals surface area contributed by atoms with Gasteiger partial charge >= 0.3 is 0 Å². The average Bonchev–Trinajstić information content (AvgIpc) is 3.25. The number of aryl methyl sites for hydroxylation is 1. The molecule has 3 heterocycles. The van der Waals surface area contributed by atoms with Gasteiger partial charge in [-0.05, 0) is 39.2 Å². The number of nitrogens with one attached hydrogen (secondary N) is 1. The zero-order chi connectivity index (χ0) is 17.4. The number of rotatable bonds is 5. The molecule has 25 heavy (non-hydrogen) atoms. The van der Waals surface area contributed by atoms with Gasteiger partial charge in [-0.3, -0.25) is 0 Å². The lowest BCUT2D eigenvalue weighted by atomic mass is 10.0. The van der Waals surface area contributed by atoms with E-state index < -0.39 is 0 Å². The van der Waals surface area contributed by atoms with Crippen LogP contribution in [0.2, 0.25) is 0 Å². The first-order valence-corrected chi connectivity index (χ1v) is 8.96. The average molecular weight is 343 g/mol. The summed E-state index contributed by atoms with van der Waals surface area (Å²) in [7, 11) is 0. The van der Waals surface area contributed by atoms with Gasteiger partial charge in [0.05, 0.1) is 6.10 Å². The van der Waals surface area contributed by atoms with Crippen molar-refractivity contribution in [2.75, 3.05) is 6.54 Å². The number of nitrogens with zero attached hydrogens (tertiary/aromatic N) is 2. The summed E-state index contributed by atoms with van der Waals surface area (Å²) in [6, 6.07) is 6.40. The molecule has 4 rings (SSSR count). The number of hydrogen-bond donors (Lipinski definition) is 1. The molecular formula is C19H25N3O3. The van der Waals surface area contributed by atoms with E-state index in [1.807, 2.05) is 6.92 Å². The highest BCUT2D eigenvalue weighted by atomic mass is 16.5. The first kappa shape index (κ1) is 16.5. The third-order valence-electron chi connectivity index (χ3n) is 4.79. The Bertz CT molecular complexity index is 756. The molecule has 134 valence electrons. The molecule has 0 amide bonds. The van der Waals surface area contributed by atoms with Gasteiger partial charge in [0.15, 0.2) is 5.82 Å². The molecule has 1 fully saturated rings. The Kier molecular flexibility index (Phi) is 4.25. The fourth-order valence-corrected chi connectivity index (χ4v) is 3.67. The van der Waals surface area contributed by atoms with E-state index in [1.54, 1.807) is 0 Å². The summed E-state index contributed by atoms with van der Waals surface area (Å²) in [6.45, 7) is 7.68. The lowest BCUT2D eigenvalue weighted by Crippen LogP contribution is -2.27. The molecule has 1 aromatic carbocycles. The second kappa shape index (κ2) is 6.42. The second-order valence-corrected chi connectivity index (χ2v) is 7.58. The Hall–Kier alpha value is -1.92. The van der Waals surface area contributed by atoms with Crippen molar-refractivity contribution in [1.29, 1.82) is 0 Å². The summed E-state index contributed by atoms with van der Waals surface area (Å²) in [5, 5.41) is 7.34. The zero-order valence-electron chi connectivity index (χ0n) is 15.0. The Balaban J connectivity index is 1.30. The topological polar surface area (TPSA) is 69.4 Å². The summed E-state index contributed by atoms with van der Waals surface area (Å²) < 4.78 is 17.4. The van der Waals surface area contributed by atoms with Crippen LogP contribution < -0.4 is 10.1 Å². The van der Waals surface area contributed by atoms with E-state index in [-0.39, 0.29) is 17.8 Å². The maximum Gasteiger partial charge on any atom is 0.255 e. The minimum Gasteiger partial charge on any atom is -0.487 e. The molecule has 6 heteroatoms. The smallest absolute Gasteiger partial charge is 0.255 e. The summed E-state index contributed by atoms with van der Waals surface area (Å²) in [5.41, 5.74) is 2.40. The van der Waals surface area contributed by atoms with Crippen LogP contribution in [0.15, 0.2) is 22.7 Å². The van der Waals surface area contributed by atoms with Crippen LogP contribution in [-0.2, 0) is 17.7 Å². The fourth-order valence-electron chi connectivity index (χ4n) is 3.67. The molecule has 6 nitrogen and oxygen atoms in total. The molecule has 2 aromatic rings.